The van der Waals surface area contributed by atoms with Gasteiger partial charge in [0.05, 0.1) is 13.7 Å². The van der Waals surface area contributed by atoms with Gasteiger partial charge in [0.2, 0.25) is 0 Å². The molecule has 2 aromatic carbocycles. The molecule has 2 amide bonds. The lowest BCUT2D eigenvalue weighted by molar-refractivity contribution is -0.142. The highest BCUT2D eigenvalue weighted by molar-refractivity contribution is 8.01. The van der Waals surface area contributed by atoms with Gasteiger partial charge in [-0.2, -0.15) is 0 Å². The number of nitrogens with two attached hydrogens (primary N) is 1. The van der Waals surface area contributed by atoms with E-state index in [9.17, 15) is 19.5 Å². The topological polar surface area (TPSA) is 116 Å². The van der Waals surface area contributed by atoms with Crippen LogP contribution < -0.4 is 10.6 Å². The largest absolute Gasteiger partial charge is 0.468 e. The molecule has 1 heterocycles. The van der Waals surface area contributed by atoms with E-state index in [1.807, 2.05) is 29.2 Å². The van der Waals surface area contributed by atoms with Crippen molar-refractivity contribution < 1.29 is 24.2 Å². The predicted octanol–water partition coefficient (Wildman–Crippen LogP) is 1.90. The molecule has 1 aliphatic rings. The Morgan fingerprint density at radius 2 is 1.74 bits per heavy atom. The van der Waals surface area contributed by atoms with Gasteiger partial charge in [0.15, 0.2) is 5.25 Å². The molecule has 1 aliphatic heterocycles. The normalized spacial score (nSPS) is 14.7. The minimum Gasteiger partial charge on any atom is -0.468 e. The molecule has 3 N–H and O–H groups in total. The molecular formula is C27H35ClN4O5S. The maximum atomic E-state index is 13.2. The number of carbonyl (C=O) groups is 3. The number of esters is 1. The van der Waals surface area contributed by atoms with Crippen LogP contribution in [0.1, 0.15) is 15.9 Å². The van der Waals surface area contributed by atoms with Crippen molar-refractivity contribution in [2.24, 2.45) is 5.73 Å². The third kappa shape index (κ3) is 8.18. The first-order chi connectivity index (χ1) is 18.4. The van der Waals surface area contributed by atoms with E-state index < -0.39 is 17.1 Å². The van der Waals surface area contributed by atoms with Crippen LogP contribution in [0, 0.1) is 0 Å². The van der Waals surface area contributed by atoms with Crippen molar-refractivity contribution in [1.29, 1.82) is 0 Å². The molecule has 0 aromatic heterocycles. The SMILES string of the molecule is COC(=O)[C@@H](SCCN)C(=O)N(CCO)c1ccc(C(=O)N2CCN(CCc3ccc(Cl)cc3)CC2)cc1. The minimum atomic E-state index is -1.09. The number of amides is 2. The Bertz CT molecular complexity index is 1060. The van der Waals surface area contributed by atoms with E-state index in [4.69, 9.17) is 22.1 Å². The van der Waals surface area contributed by atoms with Crippen LogP contribution in [0.3, 0.4) is 0 Å². The number of anilines is 1. The molecule has 0 radical (unpaired) electrons. The van der Waals surface area contributed by atoms with E-state index in [0.29, 0.717) is 36.6 Å². The maximum Gasteiger partial charge on any atom is 0.328 e. The lowest BCUT2D eigenvalue weighted by Gasteiger charge is -2.35. The molecule has 0 spiro atoms. The van der Waals surface area contributed by atoms with Gasteiger partial charge in [-0.3, -0.25) is 19.3 Å². The number of benzene rings is 2. The van der Waals surface area contributed by atoms with Gasteiger partial charge < -0.3 is 25.4 Å². The van der Waals surface area contributed by atoms with Crippen molar-refractivity contribution in [3.63, 3.8) is 0 Å². The Morgan fingerprint density at radius 3 is 2.32 bits per heavy atom. The number of ether oxygens (including phenoxy) is 1. The molecule has 1 saturated heterocycles. The molecule has 1 fully saturated rings. The smallest absolute Gasteiger partial charge is 0.328 e. The quantitative estimate of drug-likeness (QED) is 0.298. The average Bonchev–Trinajstić information content (AvgIpc) is 2.95. The van der Waals surface area contributed by atoms with Gasteiger partial charge in [-0.1, -0.05) is 23.7 Å². The number of hydrogen-bond donors (Lipinski definition) is 2. The summed E-state index contributed by atoms with van der Waals surface area (Å²) in [5.74, 6) is -0.839. The summed E-state index contributed by atoms with van der Waals surface area (Å²) in [5.41, 5.74) is 7.77. The van der Waals surface area contributed by atoms with Gasteiger partial charge in [0, 0.05) is 67.8 Å². The Balaban J connectivity index is 1.59. The highest BCUT2D eigenvalue weighted by Crippen LogP contribution is 2.22. The number of carbonyl (C=O) groups excluding carboxylic acids is 3. The molecule has 3 rings (SSSR count). The zero-order chi connectivity index (χ0) is 27.5. The summed E-state index contributed by atoms with van der Waals surface area (Å²) in [6.45, 7) is 3.80. The van der Waals surface area contributed by atoms with Crippen LogP contribution in [0.4, 0.5) is 5.69 Å². The number of thioether (sulfide) groups is 1. The molecule has 9 nitrogen and oxygen atoms in total. The van der Waals surface area contributed by atoms with E-state index >= 15 is 0 Å². The number of halogens is 1. The average molecular weight is 563 g/mol. The second-order valence-electron chi connectivity index (χ2n) is 8.83. The molecule has 0 bridgehead atoms. The highest BCUT2D eigenvalue weighted by Gasteiger charge is 2.33. The van der Waals surface area contributed by atoms with E-state index in [2.05, 4.69) is 4.90 Å². The van der Waals surface area contributed by atoms with Gasteiger partial charge in [-0.05, 0) is 48.4 Å². The third-order valence-electron chi connectivity index (χ3n) is 6.35. The molecule has 0 aliphatic carbocycles. The van der Waals surface area contributed by atoms with Crippen molar-refractivity contribution in [2.45, 2.75) is 11.7 Å². The van der Waals surface area contributed by atoms with Crippen LogP contribution in [0.5, 0.6) is 0 Å². The Morgan fingerprint density at radius 1 is 1.08 bits per heavy atom. The fourth-order valence-electron chi connectivity index (χ4n) is 4.22. The molecule has 0 unspecified atom stereocenters. The van der Waals surface area contributed by atoms with Crippen LogP contribution in [-0.2, 0) is 20.7 Å². The van der Waals surface area contributed by atoms with Gasteiger partial charge in [0.25, 0.3) is 11.8 Å². The van der Waals surface area contributed by atoms with Crippen LogP contribution in [-0.4, -0.2) is 103 Å². The maximum absolute atomic E-state index is 13.2. The standard InChI is InChI=1S/C27H35ClN4O5S/c1-37-27(36)24(38-19-11-29)26(35)32(17-18-33)23-8-4-21(5-9-23)25(34)31-15-13-30(14-16-31)12-10-20-2-6-22(28)7-3-20/h2-9,24,33H,10-19,29H2,1H3/t24-/m0/s1. The van der Waals surface area contributed by atoms with Crippen molar-refractivity contribution in [3.05, 3.63) is 64.7 Å². The number of aliphatic hydroxyl groups is 1. The van der Waals surface area contributed by atoms with Crippen molar-refractivity contribution in [1.82, 2.24) is 9.80 Å². The van der Waals surface area contributed by atoms with Crippen molar-refractivity contribution >= 4 is 46.8 Å². The zero-order valence-corrected chi connectivity index (χ0v) is 23.1. The second-order valence-corrected chi connectivity index (χ2v) is 10.5. The fourth-order valence-corrected chi connectivity index (χ4v) is 5.22. The van der Waals surface area contributed by atoms with E-state index in [1.54, 1.807) is 24.3 Å². The Hall–Kier alpha value is -2.63. The number of piperazine rings is 1. The van der Waals surface area contributed by atoms with Gasteiger partial charge in [-0.25, -0.2) is 0 Å². The molecular weight excluding hydrogens is 528 g/mol. The van der Waals surface area contributed by atoms with Crippen LogP contribution in [0.25, 0.3) is 0 Å². The number of hydrogen-bond acceptors (Lipinski definition) is 8. The van der Waals surface area contributed by atoms with Crippen LogP contribution >= 0.6 is 23.4 Å². The first-order valence-corrected chi connectivity index (χ1v) is 14.0. The number of nitrogens with zero attached hydrogens (tertiary/aromatic N) is 3. The number of methoxy groups -OCH3 is 1. The first kappa shape index (κ1) is 29.9. The van der Waals surface area contributed by atoms with E-state index in [0.717, 1.165) is 42.8 Å². The third-order valence-corrected chi connectivity index (χ3v) is 7.80. The fraction of sp³-hybridized carbons (Fsp3) is 0.444. The summed E-state index contributed by atoms with van der Waals surface area (Å²) in [6.07, 6.45) is 0.928. The van der Waals surface area contributed by atoms with Crippen molar-refractivity contribution in [2.75, 3.05) is 70.2 Å². The highest BCUT2D eigenvalue weighted by atomic mass is 35.5. The van der Waals surface area contributed by atoms with Crippen LogP contribution in [0.2, 0.25) is 5.02 Å². The number of rotatable bonds is 12. The second kappa shape index (κ2) is 15.1. The van der Waals surface area contributed by atoms with E-state index in [-0.39, 0.29) is 19.1 Å². The number of aliphatic hydroxyl groups excluding tert-OH is 1. The molecule has 1 atom stereocenters. The summed E-state index contributed by atoms with van der Waals surface area (Å²) in [5, 5.41) is 9.18. The molecule has 38 heavy (non-hydrogen) atoms. The summed E-state index contributed by atoms with van der Waals surface area (Å²) >= 11 is 7.06. The summed E-state index contributed by atoms with van der Waals surface area (Å²) in [7, 11) is 1.22. The Kier molecular flexibility index (Phi) is 11.9. The molecule has 2 aromatic rings. The molecule has 206 valence electrons. The first-order valence-electron chi connectivity index (χ1n) is 12.6. The summed E-state index contributed by atoms with van der Waals surface area (Å²) < 4.78 is 4.79. The van der Waals surface area contributed by atoms with Crippen LogP contribution in [0.15, 0.2) is 48.5 Å². The Labute approximate surface area is 232 Å². The molecule has 11 heteroatoms. The lowest BCUT2D eigenvalue weighted by Crippen LogP contribution is -2.49. The van der Waals surface area contributed by atoms with Crippen molar-refractivity contribution in [3.8, 4) is 0 Å². The minimum absolute atomic E-state index is 0.000780. The molecule has 0 saturated carbocycles. The summed E-state index contributed by atoms with van der Waals surface area (Å²) in [4.78, 5) is 44.0. The van der Waals surface area contributed by atoms with Gasteiger partial charge >= 0.3 is 5.97 Å². The zero-order valence-electron chi connectivity index (χ0n) is 21.6. The van der Waals surface area contributed by atoms with E-state index in [1.165, 1.54) is 17.6 Å². The van der Waals surface area contributed by atoms with Gasteiger partial charge in [0.1, 0.15) is 0 Å². The van der Waals surface area contributed by atoms with Gasteiger partial charge in [-0.15, -0.1) is 11.8 Å². The monoisotopic (exact) mass is 562 g/mol. The lowest BCUT2D eigenvalue weighted by atomic mass is 10.1. The predicted molar refractivity (Wildman–Crippen MR) is 151 cm³/mol. The summed E-state index contributed by atoms with van der Waals surface area (Å²) in [6, 6.07) is 14.5.